The topological polar surface area (TPSA) is 95.0 Å². The molecule has 6 rings (SSSR count). The molecule has 5 aromatic rings. The summed E-state index contributed by atoms with van der Waals surface area (Å²) in [6, 6.07) is 15.6. The molecular weight excluding hydrogens is 501 g/mol. The van der Waals surface area contributed by atoms with Gasteiger partial charge in [0.25, 0.3) is 0 Å². The molecule has 3 aromatic heterocycles. The number of nitrogen functional groups attached to an aromatic ring is 1. The standard InChI is InChI=1S/C28H28FN7OS/c1-18-23(37-14-13-35-11-5-2-6-12-35)10-9-22(26(18)29)36-28(32-33-34-36)21-15-20(17-31-27(21)30)25-16-19-7-3-4-8-24(19)38-25/h3-4,7-10,15-17H,2,5-6,11-14H2,1H3,(H2,30,31). The number of hydrogen-bond acceptors (Lipinski definition) is 8. The Morgan fingerprint density at radius 2 is 1.92 bits per heavy atom. The molecule has 1 aliphatic rings. The van der Waals surface area contributed by atoms with Gasteiger partial charge in [0.05, 0.1) is 5.56 Å². The van der Waals surface area contributed by atoms with Crippen molar-refractivity contribution in [3.05, 3.63) is 66.1 Å². The first kappa shape index (κ1) is 24.4. The summed E-state index contributed by atoms with van der Waals surface area (Å²) < 4.78 is 24.1. The van der Waals surface area contributed by atoms with E-state index in [0.29, 0.717) is 29.3 Å². The zero-order chi connectivity index (χ0) is 26.1. The lowest BCUT2D eigenvalue weighted by Gasteiger charge is -2.26. The molecule has 1 saturated heterocycles. The Labute approximate surface area is 223 Å². The molecule has 0 saturated carbocycles. The van der Waals surface area contributed by atoms with Crippen LogP contribution in [-0.2, 0) is 0 Å². The third kappa shape index (κ3) is 4.72. The maximum atomic E-state index is 15.6. The van der Waals surface area contributed by atoms with Gasteiger partial charge in [0.1, 0.15) is 23.9 Å². The fourth-order valence-corrected chi connectivity index (χ4v) is 5.92. The maximum Gasteiger partial charge on any atom is 0.190 e. The second-order valence-electron chi connectivity index (χ2n) is 9.49. The number of piperidine rings is 1. The Kier molecular flexibility index (Phi) is 6.73. The van der Waals surface area contributed by atoms with Gasteiger partial charge in [-0.1, -0.05) is 24.6 Å². The zero-order valence-electron chi connectivity index (χ0n) is 21.1. The molecule has 0 atom stereocenters. The van der Waals surface area contributed by atoms with Crippen molar-refractivity contribution < 1.29 is 9.13 Å². The number of aromatic nitrogens is 5. The molecule has 2 aromatic carbocycles. The fraction of sp³-hybridized carbons (Fsp3) is 0.286. The second kappa shape index (κ2) is 10.5. The highest BCUT2D eigenvalue weighted by Gasteiger charge is 2.21. The number of ether oxygens (including phenoxy) is 1. The van der Waals surface area contributed by atoms with Crippen molar-refractivity contribution in [1.29, 1.82) is 0 Å². The number of nitrogens with zero attached hydrogens (tertiary/aromatic N) is 6. The molecule has 0 spiro atoms. The summed E-state index contributed by atoms with van der Waals surface area (Å²) in [6.07, 6.45) is 5.48. The van der Waals surface area contributed by atoms with Gasteiger partial charge in [-0.2, -0.15) is 4.68 Å². The summed E-state index contributed by atoms with van der Waals surface area (Å²) in [5, 5.41) is 13.2. The average Bonchev–Trinajstić information content (AvgIpc) is 3.60. The molecule has 4 heterocycles. The molecule has 1 aliphatic heterocycles. The first-order valence-corrected chi connectivity index (χ1v) is 13.6. The lowest BCUT2D eigenvalue weighted by atomic mass is 10.1. The number of likely N-dealkylation sites (tertiary alicyclic amines) is 1. The van der Waals surface area contributed by atoms with Crippen LogP contribution < -0.4 is 10.5 Å². The van der Waals surface area contributed by atoms with Crippen molar-refractivity contribution in [3.8, 4) is 33.3 Å². The molecule has 38 heavy (non-hydrogen) atoms. The van der Waals surface area contributed by atoms with Gasteiger partial charge in [-0.05, 0) is 79.0 Å². The van der Waals surface area contributed by atoms with Gasteiger partial charge in [0, 0.05) is 33.4 Å². The molecule has 194 valence electrons. The summed E-state index contributed by atoms with van der Waals surface area (Å²) in [7, 11) is 0. The minimum atomic E-state index is -0.443. The van der Waals surface area contributed by atoms with Crippen LogP contribution in [0.2, 0.25) is 0 Å². The normalized spacial score (nSPS) is 14.3. The Balaban J connectivity index is 1.28. The van der Waals surface area contributed by atoms with Crippen LogP contribution >= 0.6 is 11.3 Å². The van der Waals surface area contributed by atoms with Crippen LogP contribution in [0.1, 0.15) is 24.8 Å². The molecule has 0 bridgehead atoms. The van der Waals surface area contributed by atoms with Crippen LogP contribution in [0.3, 0.4) is 0 Å². The van der Waals surface area contributed by atoms with E-state index in [4.69, 9.17) is 10.5 Å². The van der Waals surface area contributed by atoms with E-state index >= 15 is 4.39 Å². The Morgan fingerprint density at radius 3 is 2.76 bits per heavy atom. The third-order valence-corrected chi connectivity index (χ3v) is 8.16. The number of nitrogens with two attached hydrogens (primary N) is 1. The van der Waals surface area contributed by atoms with E-state index < -0.39 is 5.82 Å². The molecular formula is C28H28FN7OS. The van der Waals surface area contributed by atoms with E-state index in [9.17, 15) is 0 Å². The number of thiophene rings is 1. The van der Waals surface area contributed by atoms with Gasteiger partial charge < -0.3 is 10.5 Å². The minimum absolute atomic E-state index is 0.220. The van der Waals surface area contributed by atoms with Crippen molar-refractivity contribution in [2.24, 2.45) is 0 Å². The first-order chi connectivity index (χ1) is 18.6. The summed E-state index contributed by atoms with van der Waals surface area (Å²) >= 11 is 1.67. The first-order valence-electron chi connectivity index (χ1n) is 12.8. The lowest BCUT2D eigenvalue weighted by Crippen LogP contribution is -2.33. The molecule has 1 fully saturated rings. The maximum absolute atomic E-state index is 15.6. The number of pyridine rings is 1. The van der Waals surface area contributed by atoms with E-state index in [2.05, 4.69) is 43.6 Å². The smallest absolute Gasteiger partial charge is 0.190 e. The molecule has 0 unspecified atom stereocenters. The monoisotopic (exact) mass is 529 g/mol. The highest BCUT2D eigenvalue weighted by atomic mass is 32.1. The second-order valence-corrected chi connectivity index (χ2v) is 10.6. The number of hydrogen-bond donors (Lipinski definition) is 1. The average molecular weight is 530 g/mol. The van der Waals surface area contributed by atoms with Crippen LogP contribution in [0.4, 0.5) is 10.2 Å². The van der Waals surface area contributed by atoms with Crippen molar-refractivity contribution in [3.63, 3.8) is 0 Å². The van der Waals surface area contributed by atoms with Crippen LogP contribution in [-0.4, -0.2) is 56.3 Å². The lowest BCUT2D eigenvalue weighted by molar-refractivity contribution is 0.182. The van der Waals surface area contributed by atoms with Gasteiger partial charge in [-0.3, -0.25) is 4.90 Å². The van der Waals surface area contributed by atoms with Crippen molar-refractivity contribution >= 4 is 27.2 Å². The van der Waals surface area contributed by atoms with Gasteiger partial charge in [0.15, 0.2) is 11.6 Å². The van der Waals surface area contributed by atoms with E-state index in [1.165, 1.54) is 28.6 Å². The predicted molar refractivity (Wildman–Crippen MR) is 148 cm³/mol. The van der Waals surface area contributed by atoms with E-state index in [1.807, 2.05) is 18.2 Å². The van der Waals surface area contributed by atoms with Crippen LogP contribution in [0.25, 0.3) is 37.6 Å². The summed E-state index contributed by atoms with van der Waals surface area (Å²) in [5.41, 5.74) is 8.30. The molecule has 0 aliphatic carbocycles. The largest absolute Gasteiger partial charge is 0.492 e. The van der Waals surface area contributed by atoms with Gasteiger partial charge in [0.2, 0.25) is 0 Å². The van der Waals surface area contributed by atoms with Crippen LogP contribution in [0.15, 0.2) is 54.7 Å². The number of tetrazole rings is 1. The SMILES string of the molecule is Cc1c(OCCN2CCCCC2)ccc(-n2nnnc2-c2cc(-c3cc4ccccc4s3)cnc2N)c1F. The minimum Gasteiger partial charge on any atom is -0.492 e. The van der Waals surface area contributed by atoms with Crippen LogP contribution in [0, 0.1) is 12.7 Å². The number of anilines is 1. The zero-order valence-corrected chi connectivity index (χ0v) is 21.9. The number of fused-ring (bicyclic) bond motifs is 1. The van der Waals surface area contributed by atoms with E-state index in [0.717, 1.165) is 35.5 Å². The molecule has 0 amide bonds. The van der Waals surface area contributed by atoms with Gasteiger partial charge in [-0.15, -0.1) is 16.4 Å². The Morgan fingerprint density at radius 1 is 1.08 bits per heavy atom. The highest BCUT2D eigenvalue weighted by Crippen LogP contribution is 2.36. The summed E-state index contributed by atoms with van der Waals surface area (Å²) in [6.45, 7) is 5.25. The van der Waals surface area contributed by atoms with Crippen molar-refractivity contribution in [2.75, 3.05) is 32.0 Å². The predicted octanol–water partition coefficient (Wildman–Crippen LogP) is 5.50. The van der Waals surface area contributed by atoms with Gasteiger partial charge in [-0.25, -0.2) is 9.37 Å². The summed E-state index contributed by atoms with van der Waals surface area (Å²) in [5.74, 6) is 0.655. The quantitative estimate of drug-likeness (QED) is 0.297. The Hall–Kier alpha value is -3.89. The molecule has 10 heteroatoms. The third-order valence-electron chi connectivity index (χ3n) is 7.00. The molecule has 8 nitrogen and oxygen atoms in total. The fourth-order valence-electron chi connectivity index (χ4n) is 4.87. The number of benzene rings is 2. The van der Waals surface area contributed by atoms with Gasteiger partial charge >= 0.3 is 0 Å². The van der Waals surface area contributed by atoms with Crippen molar-refractivity contribution in [1.82, 2.24) is 30.1 Å². The van der Waals surface area contributed by atoms with E-state index in [1.54, 1.807) is 36.6 Å². The highest BCUT2D eigenvalue weighted by molar-refractivity contribution is 7.22. The number of rotatable bonds is 7. The molecule has 0 radical (unpaired) electrons. The van der Waals surface area contributed by atoms with Crippen molar-refractivity contribution in [2.45, 2.75) is 26.2 Å². The summed E-state index contributed by atoms with van der Waals surface area (Å²) in [4.78, 5) is 7.84. The Bertz CT molecular complexity index is 1560. The number of halogens is 1. The molecule has 2 N–H and O–H groups in total. The van der Waals surface area contributed by atoms with E-state index in [-0.39, 0.29) is 11.5 Å². The van der Waals surface area contributed by atoms with Crippen LogP contribution in [0.5, 0.6) is 5.75 Å².